The lowest BCUT2D eigenvalue weighted by Gasteiger charge is -2.13. The molecule has 0 heterocycles. The Bertz CT molecular complexity index is 555. The minimum Gasteiger partial charge on any atom is -0.457 e. The van der Waals surface area contributed by atoms with Crippen molar-refractivity contribution in [1.29, 1.82) is 0 Å². The average Bonchev–Trinajstić information content (AvgIpc) is 2.31. The first-order chi connectivity index (χ1) is 8.56. The second-order valence-corrected chi connectivity index (χ2v) is 6.08. The number of rotatable bonds is 3. The molecule has 2 aromatic rings. The standard InChI is InChI=1S/C14H12BrIO2/c1-9(17)13-7-10(15)5-6-14(13)18-12-4-2-3-11(16)8-12/h2-9,17H,1H3. The summed E-state index contributed by atoms with van der Waals surface area (Å²) in [5, 5.41) is 9.76. The monoisotopic (exact) mass is 418 g/mol. The van der Waals surface area contributed by atoms with Crippen LogP contribution in [0.1, 0.15) is 18.6 Å². The molecule has 2 aromatic carbocycles. The van der Waals surface area contributed by atoms with E-state index in [0.29, 0.717) is 5.75 Å². The molecule has 1 atom stereocenters. The number of hydrogen-bond donors (Lipinski definition) is 1. The molecule has 0 radical (unpaired) electrons. The number of benzene rings is 2. The van der Waals surface area contributed by atoms with Gasteiger partial charge in [-0.3, -0.25) is 0 Å². The number of aliphatic hydroxyl groups excluding tert-OH is 1. The highest BCUT2D eigenvalue weighted by Crippen LogP contribution is 2.32. The third-order valence-electron chi connectivity index (χ3n) is 2.45. The Kier molecular flexibility index (Phi) is 4.64. The quantitative estimate of drug-likeness (QED) is 0.718. The maximum Gasteiger partial charge on any atom is 0.133 e. The Morgan fingerprint density at radius 3 is 2.67 bits per heavy atom. The van der Waals surface area contributed by atoms with Gasteiger partial charge in [0.2, 0.25) is 0 Å². The van der Waals surface area contributed by atoms with Crippen LogP contribution in [0.3, 0.4) is 0 Å². The van der Waals surface area contributed by atoms with Gasteiger partial charge in [-0.1, -0.05) is 22.0 Å². The van der Waals surface area contributed by atoms with Crippen LogP contribution in [-0.4, -0.2) is 5.11 Å². The largest absolute Gasteiger partial charge is 0.457 e. The molecule has 0 fully saturated rings. The van der Waals surface area contributed by atoms with E-state index in [1.807, 2.05) is 42.5 Å². The number of hydrogen-bond acceptors (Lipinski definition) is 2. The summed E-state index contributed by atoms with van der Waals surface area (Å²) in [5.74, 6) is 1.45. The maximum atomic E-state index is 9.76. The van der Waals surface area contributed by atoms with Crippen molar-refractivity contribution in [1.82, 2.24) is 0 Å². The SMILES string of the molecule is CC(O)c1cc(Br)ccc1Oc1cccc(I)c1. The molecule has 1 N–H and O–H groups in total. The molecule has 0 bridgehead atoms. The van der Waals surface area contributed by atoms with Crippen molar-refractivity contribution in [3.63, 3.8) is 0 Å². The molecule has 2 nitrogen and oxygen atoms in total. The third-order valence-corrected chi connectivity index (χ3v) is 3.61. The van der Waals surface area contributed by atoms with Crippen LogP contribution in [0.5, 0.6) is 11.5 Å². The van der Waals surface area contributed by atoms with Crippen molar-refractivity contribution in [3.8, 4) is 11.5 Å². The van der Waals surface area contributed by atoms with Crippen LogP contribution in [0.25, 0.3) is 0 Å². The Labute approximate surface area is 128 Å². The minimum atomic E-state index is -0.569. The van der Waals surface area contributed by atoms with Gasteiger partial charge in [-0.05, 0) is 65.9 Å². The fraction of sp³-hybridized carbons (Fsp3) is 0.143. The third kappa shape index (κ3) is 3.46. The van der Waals surface area contributed by atoms with E-state index in [1.54, 1.807) is 6.92 Å². The van der Waals surface area contributed by atoms with Crippen molar-refractivity contribution in [3.05, 3.63) is 56.1 Å². The molecule has 0 aliphatic heterocycles. The molecule has 0 aliphatic rings. The average molecular weight is 419 g/mol. The van der Waals surface area contributed by atoms with Crippen molar-refractivity contribution >= 4 is 38.5 Å². The highest BCUT2D eigenvalue weighted by atomic mass is 127. The zero-order valence-electron chi connectivity index (χ0n) is 9.73. The molecule has 4 heteroatoms. The number of ether oxygens (including phenoxy) is 1. The molecule has 0 saturated heterocycles. The Morgan fingerprint density at radius 1 is 1.22 bits per heavy atom. The minimum absolute atomic E-state index is 0.569. The Hall–Kier alpha value is -0.590. The fourth-order valence-electron chi connectivity index (χ4n) is 1.60. The lowest BCUT2D eigenvalue weighted by Crippen LogP contribution is -1.96. The van der Waals surface area contributed by atoms with Crippen molar-refractivity contribution in [2.45, 2.75) is 13.0 Å². The first-order valence-corrected chi connectivity index (χ1v) is 7.34. The Balaban J connectivity index is 2.34. The lowest BCUT2D eigenvalue weighted by atomic mass is 10.1. The molecular formula is C14H12BrIO2. The van der Waals surface area contributed by atoms with Gasteiger partial charge in [-0.25, -0.2) is 0 Å². The Morgan fingerprint density at radius 2 is 2.00 bits per heavy atom. The maximum absolute atomic E-state index is 9.76. The molecule has 2 rings (SSSR count). The molecule has 0 spiro atoms. The summed E-state index contributed by atoms with van der Waals surface area (Å²) in [7, 11) is 0. The number of halogens is 2. The van der Waals surface area contributed by atoms with Crippen LogP contribution in [0.2, 0.25) is 0 Å². The molecule has 0 amide bonds. The summed E-state index contributed by atoms with van der Waals surface area (Å²) in [5.41, 5.74) is 0.767. The molecular weight excluding hydrogens is 407 g/mol. The van der Waals surface area contributed by atoms with E-state index in [9.17, 15) is 5.11 Å². The second kappa shape index (κ2) is 6.04. The van der Waals surface area contributed by atoms with E-state index in [1.165, 1.54) is 0 Å². The first-order valence-electron chi connectivity index (χ1n) is 5.47. The van der Waals surface area contributed by atoms with Crippen LogP contribution in [-0.2, 0) is 0 Å². The molecule has 1 unspecified atom stereocenters. The summed E-state index contributed by atoms with van der Waals surface area (Å²) >= 11 is 5.63. The van der Waals surface area contributed by atoms with Crippen LogP contribution in [0, 0.1) is 3.57 Å². The molecule has 18 heavy (non-hydrogen) atoms. The molecule has 0 aliphatic carbocycles. The van der Waals surface area contributed by atoms with Gasteiger partial charge in [-0.2, -0.15) is 0 Å². The van der Waals surface area contributed by atoms with Gasteiger partial charge in [0.15, 0.2) is 0 Å². The van der Waals surface area contributed by atoms with E-state index in [-0.39, 0.29) is 0 Å². The zero-order chi connectivity index (χ0) is 13.1. The van der Waals surface area contributed by atoms with Gasteiger partial charge in [0.05, 0.1) is 6.10 Å². The van der Waals surface area contributed by atoms with Crippen molar-refractivity contribution in [2.75, 3.05) is 0 Å². The first kappa shape index (κ1) is 13.8. The van der Waals surface area contributed by atoms with E-state index in [4.69, 9.17) is 4.74 Å². The van der Waals surface area contributed by atoms with Crippen LogP contribution >= 0.6 is 38.5 Å². The van der Waals surface area contributed by atoms with Crippen molar-refractivity contribution in [2.24, 2.45) is 0 Å². The van der Waals surface area contributed by atoms with Crippen LogP contribution in [0.15, 0.2) is 46.9 Å². The summed E-state index contributed by atoms with van der Waals surface area (Å²) < 4.78 is 7.86. The van der Waals surface area contributed by atoms with E-state index >= 15 is 0 Å². The predicted molar refractivity (Wildman–Crippen MR) is 84.0 cm³/mol. The van der Waals surface area contributed by atoms with Gasteiger partial charge in [0, 0.05) is 13.6 Å². The van der Waals surface area contributed by atoms with E-state index in [2.05, 4.69) is 38.5 Å². The smallest absolute Gasteiger partial charge is 0.133 e. The molecule has 0 aromatic heterocycles. The summed E-state index contributed by atoms with van der Waals surface area (Å²) in [6.45, 7) is 1.73. The van der Waals surface area contributed by atoms with Gasteiger partial charge < -0.3 is 9.84 Å². The van der Waals surface area contributed by atoms with Crippen LogP contribution < -0.4 is 4.74 Å². The summed E-state index contributed by atoms with van der Waals surface area (Å²) in [4.78, 5) is 0. The van der Waals surface area contributed by atoms with Gasteiger partial charge in [0.1, 0.15) is 11.5 Å². The number of aliphatic hydroxyl groups is 1. The second-order valence-electron chi connectivity index (χ2n) is 3.92. The predicted octanol–water partition coefficient (Wildman–Crippen LogP) is 4.90. The lowest BCUT2D eigenvalue weighted by molar-refractivity contribution is 0.195. The topological polar surface area (TPSA) is 29.5 Å². The normalized spacial score (nSPS) is 12.2. The molecule has 0 saturated carbocycles. The van der Waals surface area contributed by atoms with E-state index in [0.717, 1.165) is 19.4 Å². The van der Waals surface area contributed by atoms with Gasteiger partial charge >= 0.3 is 0 Å². The van der Waals surface area contributed by atoms with Crippen molar-refractivity contribution < 1.29 is 9.84 Å². The fourth-order valence-corrected chi connectivity index (χ4v) is 2.49. The summed E-state index contributed by atoms with van der Waals surface area (Å²) in [6, 6.07) is 13.4. The highest BCUT2D eigenvalue weighted by Gasteiger charge is 2.10. The van der Waals surface area contributed by atoms with E-state index < -0.39 is 6.10 Å². The summed E-state index contributed by atoms with van der Waals surface area (Å²) in [6.07, 6.45) is -0.569. The zero-order valence-corrected chi connectivity index (χ0v) is 13.5. The van der Waals surface area contributed by atoms with Gasteiger partial charge in [0.25, 0.3) is 0 Å². The van der Waals surface area contributed by atoms with Gasteiger partial charge in [-0.15, -0.1) is 0 Å². The van der Waals surface area contributed by atoms with Crippen LogP contribution in [0.4, 0.5) is 0 Å². The molecule has 94 valence electrons. The highest BCUT2D eigenvalue weighted by molar-refractivity contribution is 14.1.